The number of nitrogens with zero attached hydrogens (tertiary/aromatic N) is 1. The number of benzene rings is 2. The molecule has 148 valence electrons. The van der Waals surface area contributed by atoms with Crippen molar-refractivity contribution in [2.75, 3.05) is 27.3 Å². The summed E-state index contributed by atoms with van der Waals surface area (Å²) in [6.07, 6.45) is 0.562. The monoisotopic (exact) mass is 403 g/mol. The van der Waals surface area contributed by atoms with Crippen LogP contribution in [0.4, 0.5) is 0 Å². The van der Waals surface area contributed by atoms with E-state index in [9.17, 15) is 13.2 Å². The van der Waals surface area contributed by atoms with Gasteiger partial charge >= 0.3 is 0 Å². The highest BCUT2D eigenvalue weighted by Gasteiger charge is 2.29. The Labute approximate surface area is 163 Å². The normalized spacial score (nSPS) is 15.6. The molecule has 8 nitrogen and oxygen atoms in total. The van der Waals surface area contributed by atoms with E-state index in [2.05, 4.69) is 15.0 Å². The number of sulfonamides is 1. The second kappa shape index (κ2) is 8.30. The molecule has 2 N–H and O–H groups in total. The van der Waals surface area contributed by atoms with E-state index < -0.39 is 10.0 Å². The maximum Gasteiger partial charge on any atom is 0.263 e. The predicted octanol–water partition coefficient (Wildman–Crippen LogP) is 1.56. The molecule has 0 atom stereocenters. The van der Waals surface area contributed by atoms with Crippen molar-refractivity contribution in [2.24, 2.45) is 4.99 Å². The van der Waals surface area contributed by atoms with E-state index in [1.165, 1.54) is 14.2 Å². The molecule has 0 saturated carbocycles. The molecule has 1 aliphatic rings. The van der Waals surface area contributed by atoms with Crippen LogP contribution in [0.1, 0.15) is 22.3 Å². The lowest BCUT2D eigenvalue weighted by atomic mass is 10.2. The third-order valence-corrected chi connectivity index (χ3v) is 5.60. The van der Waals surface area contributed by atoms with Gasteiger partial charge in [0.25, 0.3) is 15.9 Å². The number of aliphatic imine (C=N–C) groups is 1. The summed E-state index contributed by atoms with van der Waals surface area (Å²) in [4.78, 5) is 16.8. The molecule has 2 aromatic rings. The smallest absolute Gasteiger partial charge is 0.263 e. The number of rotatable bonds is 7. The second-order valence-corrected chi connectivity index (χ2v) is 7.66. The number of amidine groups is 1. The zero-order valence-electron chi connectivity index (χ0n) is 15.6. The highest BCUT2D eigenvalue weighted by atomic mass is 32.2. The van der Waals surface area contributed by atoms with Crippen LogP contribution in [0.3, 0.4) is 0 Å². The van der Waals surface area contributed by atoms with Crippen molar-refractivity contribution in [3.63, 3.8) is 0 Å². The van der Waals surface area contributed by atoms with Crippen LogP contribution in [0.2, 0.25) is 0 Å². The van der Waals surface area contributed by atoms with E-state index in [1.807, 2.05) is 0 Å². The molecule has 0 unspecified atom stereocenters. The average molecular weight is 403 g/mol. The maximum atomic E-state index is 12.2. The Balaban J connectivity index is 1.54. The Morgan fingerprint density at radius 1 is 1.11 bits per heavy atom. The van der Waals surface area contributed by atoms with Crippen LogP contribution in [0.15, 0.2) is 52.4 Å². The molecule has 1 amide bonds. The molecule has 3 rings (SSSR count). The Morgan fingerprint density at radius 3 is 2.61 bits per heavy atom. The molecule has 1 heterocycles. The number of methoxy groups -OCH3 is 2. The Hall–Kier alpha value is -3.07. The van der Waals surface area contributed by atoms with Crippen molar-refractivity contribution in [3.8, 4) is 11.5 Å². The van der Waals surface area contributed by atoms with Gasteiger partial charge in [0.2, 0.25) is 0 Å². The molecule has 2 aromatic carbocycles. The topological polar surface area (TPSA) is 106 Å². The molecule has 0 aliphatic carbocycles. The summed E-state index contributed by atoms with van der Waals surface area (Å²) in [6.45, 7) is 0.775. The first-order valence-corrected chi connectivity index (χ1v) is 10.1. The lowest BCUT2D eigenvalue weighted by Crippen LogP contribution is -2.25. The van der Waals surface area contributed by atoms with Crippen LogP contribution >= 0.6 is 0 Å². The number of nitrogens with one attached hydrogen (secondary N) is 2. The number of ether oxygens (including phenoxy) is 2. The van der Waals surface area contributed by atoms with Crippen molar-refractivity contribution in [1.29, 1.82) is 0 Å². The maximum absolute atomic E-state index is 12.2. The first-order valence-electron chi connectivity index (χ1n) is 8.63. The molecular formula is C19H21N3O5S. The van der Waals surface area contributed by atoms with Gasteiger partial charge < -0.3 is 14.8 Å². The van der Waals surface area contributed by atoms with Crippen molar-refractivity contribution in [3.05, 3.63) is 53.6 Å². The van der Waals surface area contributed by atoms with Gasteiger partial charge in [0, 0.05) is 24.2 Å². The number of hydrogen-bond acceptors (Lipinski definition) is 6. The molecule has 1 aliphatic heterocycles. The van der Waals surface area contributed by atoms with Crippen LogP contribution in [0.25, 0.3) is 0 Å². The minimum atomic E-state index is -3.53. The highest BCUT2D eigenvalue weighted by molar-refractivity contribution is 7.90. The number of carbonyl (C=O) groups excluding carboxylic acids is 1. The van der Waals surface area contributed by atoms with Crippen LogP contribution < -0.4 is 19.5 Å². The fourth-order valence-electron chi connectivity index (χ4n) is 2.80. The highest BCUT2D eigenvalue weighted by Crippen LogP contribution is 2.27. The molecular weight excluding hydrogens is 382 g/mol. The van der Waals surface area contributed by atoms with Crippen molar-refractivity contribution >= 4 is 21.8 Å². The van der Waals surface area contributed by atoms with Gasteiger partial charge in [0.05, 0.1) is 19.1 Å². The summed E-state index contributed by atoms with van der Waals surface area (Å²) in [5.74, 6) is 1.13. The van der Waals surface area contributed by atoms with Gasteiger partial charge in [0.1, 0.15) is 5.84 Å². The summed E-state index contributed by atoms with van der Waals surface area (Å²) in [5, 5.41) is 2.81. The van der Waals surface area contributed by atoms with E-state index in [-0.39, 0.29) is 10.8 Å². The van der Waals surface area contributed by atoms with Gasteiger partial charge in [-0.05, 0) is 36.8 Å². The average Bonchev–Trinajstić information content (AvgIpc) is 2.97. The van der Waals surface area contributed by atoms with Crippen molar-refractivity contribution in [2.45, 2.75) is 11.3 Å². The molecule has 0 saturated heterocycles. The van der Waals surface area contributed by atoms with Gasteiger partial charge in [-0.3, -0.25) is 14.5 Å². The van der Waals surface area contributed by atoms with E-state index in [4.69, 9.17) is 9.47 Å². The first kappa shape index (κ1) is 19.7. The zero-order chi connectivity index (χ0) is 20.1. The largest absolute Gasteiger partial charge is 0.493 e. The third kappa shape index (κ3) is 4.09. The molecule has 9 heteroatoms. The zero-order valence-corrected chi connectivity index (χ0v) is 16.4. The van der Waals surface area contributed by atoms with Gasteiger partial charge in [-0.1, -0.05) is 12.1 Å². The fourth-order valence-corrected chi connectivity index (χ4v) is 4.05. The van der Waals surface area contributed by atoms with Crippen LogP contribution in [0.5, 0.6) is 11.5 Å². The van der Waals surface area contributed by atoms with Crippen LogP contribution in [-0.2, 0) is 10.0 Å². The minimum Gasteiger partial charge on any atom is -0.493 e. The summed E-state index contributed by atoms with van der Waals surface area (Å²) in [5.41, 5.74) is 1.03. The Morgan fingerprint density at radius 2 is 1.86 bits per heavy atom. The summed E-state index contributed by atoms with van der Waals surface area (Å²) < 4.78 is 36.9. The van der Waals surface area contributed by atoms with E-state index in [0.29, 0.717) is 48.0 Å². The summed E-state index contributed by atoms with van der Waals surface area (Å²) in [6, 6.07) is 11.6. The van der Waals surface area contributed by atoms with Crippen LogP contribution in [-0.4, -0.2) is 47.5 Å². The standard InChI is InChI=1S/C19H21N3O5S/c1-26-15-9-8-13(12-16(15)27-2)19(23)21-11-5-10-20-18-14-6-3-4-7-17(14)28(24,25)22-18/h3-4,6-9,12H,5,10-11H2,1-2H3,(H,20,22)(H,21,23). The minimum absolute atomic E-state index is 0.232. The summed E-state index contributed by atoms with van der Waals surface area (Å²) >= 11 is 0. The quantitative estimate of drug-likeness (QED) is 0.683. The van der Waals surface area contributed by atoms with Gasteiger partial charge in [-0.15, -0.1) is 0 Å². The van der Waals surface area contributed by atoms with Gasteiger partial charge in [-0.2, -0.15) is 0 Å². The third-order valence-electron chi connectivity index (χ3n) is 4.20. The van der Waals surface area contributed by atoms with E-state index in [0.717, 1.165) is 0 Å². The molecule has 0 bridgehead atoms. The SMILES string of the molecule is COc1ccc(C(=O)NCCCN=C2NS(=O)(=O)c3ccccc32)cc1OC. The molecule has 0 spiro atoms. The fraction of sp³-hybridized carbons (Fsp3) is 0.263. The number of hydrogen-bond donors (Lipinski definition) is 2. The summed E-state index contributed by atoms with van der Waals surface area (Å²) in [7, 11) is -0.494. The Kier molecular flexibility index (Phi) is 5.84. The predicted molar refractivity (Wildman–Crippen MR) is 105 cm³/mol. The first-order chi connectivity index (χ1) is 13.5. The molecule has 0 fully saturated rings. The van der Waals surface area contributed by atoms with E-state index >= 15 is 0 Å². The van der Waals surface area contributed by atoms with E-state index in [1.54, 1.807) is 42.5 Å². The molecule has 28 heavy (non-hydrogen) atoms. The van der Waals surface area contributed by atoms with Gasteiger partial charge in [0.15, 0.2) is 11.5 Å². The number of carbonyl (C=O) groups is 1. The van der Waals surface area contributed by atoms with Crippen LogP contribution in [0, 0.1) is 0 Å². The number of amides is 1. The second-order valence-electron chi connectivity index (χ2n) is 6.01. The molecule has 0 radical (unpaired) electrons. The van der Waals surface area contributed by atoms with Crippen molar-refractivity contribution < 1.29 is 22.7 Å². The Bertz CT molecular complexity index is 1020. The van der Waals surface area contributed by atoms with Crippen molar-refractivity contribution in [1.82, 2.24) is 10.0 Å². The lowest BCUT2D eigenvalue weighted by molar-refractivity contribution is 0.0953. The number of fused-ring (bicyclic) bond motifs is 1. The lowest BCUT2D eigenvalue weighted by Gasteiger charge is -2.09. The molecule has 0 aromatic heterocycles. The van der Waals surface area contributed by atoms with Gasteiger partial charge in [-0.25, -0.2) is 8.42 Å².